The van der Waals surface area contributed by atoms with E-state index in [1.807, 2.05) is 18.2 Å². The molecule has 0 amide bonds. The second-order valence-corrected chi connectivity index (χ2v) is 5.54. The highest BCUT2D eigenvalue weighted by Crippen LogP contribution is 2.13. The molecule has 2 aromatic rings. The molecule has 2 nitrogen and oxygen atoms in total. The van der Waals surface area contributed by atoms with Gasteiger partial charge in [0.05, 0.1) is 6.04 Å². The molecule has 1 unspecified atom stereocenters. The SMILES string of the molecule is CCc1ccc(C(C)NC(=S)NCc2ccccc2)cc1. The lowest BCUT2D eigenvalue weighted by molar-refractivity contribution is 0.697. The fourth-order valence-electron chi connectivity index (χ4n) is 2.15. The molecule has 0 saturated carbocycles. The van der Waals surface area contributed by atoms with Gasteiger partial charge in [0.25, 0.3) is 0 Å². The van der Waals surface area contributed by atoms with Crippen LogP contribution in [-0.4, -0.2) is 5.11 Å². The van der Waals surface area contributed by atoms with Gasteiger partial charge in [0.15, 0.2) is 5.11 Å². The van der Waals surface area contributed by atoms with Crippen LogP contribution in [0.25, 0.3) is 0 Å². The van der Waals surface area contributed by atoms with Crippen LogP contribution in [0.5, 0.6) is 0 Å². The van der Waals surface area contributed by atoms with Crippen LogP contribution in [-0.2, 0) is 13.0 Å². The van der Waals surface area contributed by atoms with Crippen molar-refractivity contribution in [3.8, 4) is 0 Å². The van der Waals surface area contributed by atoms with Crippen LogP contribution in [0, 0.1) is 0 Å². The fourth-order valence-corrected chi connectivity index (χ4v) is 2.40. The van der Waals surface area contributed by atoms with Gasteiger partial charge in [-0.15, -0.1) is 0 Å². The highest BCUT2D eigenvalue weighted by atomic mass is 32.1. The van der Waals surface area contributed by atoms with Crippen molar-refractivity contribution >= 4 is 17.3 Å². The number of aryl methyl sites for hydroxylation is 1. The van der Waals surface area contributed by atoms with Crippen LogP contribution in [0.15, 0.2) is 54.6 Å². The summed E-state index contributed by atoms with van der Waals surface area (Å²) >= 11 is 5.36. The Kier molecular flexibility index (Phi) is 5.76. The summed E-state index contributed by atoms with van der Waals surface area (Å²) in [7, 11) is 0. The van der Waals surface area contributed by atoms with Gasteiger partial charge in [0.1, 0.15) is 0 Å². The smallest absolute Gasteiger partial charge is 0.167 e. The maximum Gasteiger partial charge on any atom is 0.167 e. The van der Waals surface area contributed by atoms with E-state index in [-0.39, 0.29) is 6.04 Å². The Bertz CT molecular complexity index is 564. The molecule has 0 spiro atoms. The van der Waals surface area contributed by atoms with E-state index in [1.54, 1.807) is 0 Å². The summed E-state index contributed by atoms with van der Waals surface area (Å²) in [5.74, 6) is 0. The third kappa shape index (κ3) is 4.87. The van der Waals surface area contributed by atoms with E-state index in [0.29, 0.717) is 5.11 Å². The Hall–Kier alpha value is -1.87. The lowest BCUT2D eigenvalue weighted by atomic mass is 10.1. The number of benzene rings is 2. The molecule has 0 aromatic heterocycles. The van der Waals surface area contributed by atoms with Gasteiger partial charge in [-0.1, -0.05) is 61.5 Å². The summed E-state index contributed by atoms with van der Waals surface area (Å²) in [6.45, 7) is 5.03. The zero-order chi connectivity index (χ0) is 15.1. The van der Waals surface area contributed by atoms with Crippen molar-refractivity contribution in [2.24, 2.45) is 0 Å². The Morgan fingerprint density at radius 2 is 1.67 bits per heavy atom. The number of thiocarbonyl (C=S) groups is 1. The van der Waals surface area contributed by atoms with Crippen molar-refractivity contribution < 1.29 is 0 Å². The Morgan fingerprint density at radius 3 is 2.29 bits per heavy atom. The van der Waals surface area contributed by atoms with Gasteiger partial charge in [-0.3, -0.25) is 0 Å². The Labute approximate surface area is 132 Å². The standard InChI is InChI=1S/C18H22N2S/c1-3-15-9-11-17(12-10-15)14(2)20-18(21)19-13-16-7-5-4-6-8-16/h4-12,14H,3,13H2,1-2H3,(H2,19,20,21). The lowest BCUT2D eigenvalue weighted by Crippen LogP contribution is -2.36. The second-order valence-electron chi connectivity index (χ2n) is 5.13. The first-order valence-corrected chi connectivity index (χ1v) is 7.77. The van der Waals surface area contributed by atoms with Crippen LogP contribution >= 0.6 is 12.2 Å². The first kappa shape index (κ1) is 15.5. The summed E-state index contributed by atoms with van der Waals surface area (Å²) in [6, 6.07) is 19.1. The number of hydrogen-bond acceptors (Lipinski definition) is 1. The molecule has 0 radical (unpaired) electrons. The first-order chi connectivity index (χ1) is 10.2. The van der Waals surface area contributed by atoms with Gasteiger partial charge in [-0.05, 0) is 42.3 Å². The fraction of sp³-hybridized carbons (Fsp3) is 0.278. The van der Waals surface area contributed by atoms with E-state index in [4.69, 9.17) is 12.2 Å². The lowest BCUT2D eigenvalue weighted by Gasteiger charge is -2.17. The molecule has 2 N–H and O–H groups in total. The highest BCUT2D eigenvalue weighted by Gasteiger charge is 2.06. The Balaban J connectivity index is 1.83. The van der Waals surface area contributed by atoms with E-state index >= 15 is 0 Å². The van der Waals surface area contributed by atoms with Crippen molar-refractivity contribution in [2.45, 2.75) is 32.9 Å². The summed E-state index contributed by atoms with van der Waals surface area (Å²) < 4.78 is 0. The van der Waals surface area contributed by atoms with Gasteiger partial charge < -0.3 is 10.6 Å². The molecule has 2 rings (SSSR count). The summed E-state index contributed by atoms with van der Waals surface area (Å²) in [5.41, 5.74) is 3.83. The highest BCUT2D eigenvalue weighted by molar-refractivity contribution is 7.80. The number of rotatable bonds is 5. The van der Waals surface area contributed by atoms with E-state index in [9.17, 15) is 0 Å². The van der Waals surface area contributed by atoms with Crippen LogP contribution in [0.1, 0.15) is 36.6 Å². The van der Waals surface area contributed by atoms with E-state index in [2.05, 4.69) is 60.9 Å². The minimum absolute atomic E-state index is 0.201. The molecule has 21 heavy (non-hydrogen) atoms. The van der Waals surface area contributed by atoms with Crippen molar-refractivity contribution in [1.82, 2.24) is 10.6 Å². The van der Waals surface area contributed by atoms with E-state index in [0.717, 1.165) is 13.0 Å². The van der Waals surface area contributed by atoms with Crippen molar-refractivity contribution in [3.05, 3.63) is 71.3 Å². The molecule has 2 aromatic carbocycles. The molecule has 0 aliphatic carbocycles. The molecule has 110 valence electrons. The topological polar surface area (TPSA) is 24.1 Å². The normalized spacial score (nSPS) is 11.7. The van der Waals surface area contributed by atoms with Gasteiger partial charge in [0.2, 0.25) is 0 Å². The molecular formula is C18H22N2S. The van der Waals surface area contributed by atoms with Gasteiger partial charge in [-0.25, -0.2) is 0 Å². The molecule has 3 heteroatoms. The quantitative estimate of drug-likeness (QED) is 0.817. The van der Waals surface area contributed by atoms with E-state index < -0.39 is 0 Å². The Morgan fingerprint density at radius 1 is 1.00 bits per heavy atom. The molecule has 0 saturated heterocycles. The van der Waals surface area contributed by atoms with Crippen LogP contribution in [0.4, 0.5) is 0 Å². The molecule has 0 fully saturated rings. The van der Waals surface area contributed by atoms with Crippen LogP contribution in [0.3, 0.4) is 0 Å². The summed E-state index contributed by atoms with van der Waals surface area (Å²) in [4.78, 5) is 0. The maximum atomic E-state index is 5.36. The third-order valence-corrected chi connectivity index (χ3v) is 3.79. The number of hydrogen-bond donors (Lipinski definition) is 2. The number of nitrogens with one attached hydrogen (secondary N) is 2. The summed E-state index contributed by atoms with van der Waals surface area (Å²) in [5, 5.41) is 7.25. The third-order valence-electron chi connectivity index (χ3n) is 3.53. The van der Waals surface area contributed by atoms with Gasteiger partial charge in [0, 0.05) is 6.54 Å². The predicted octanol–water partition coefficient (Wildman–Crippen LogP) is 3.97. The largest absolute Gasteiger partial charge is 0.359 e. The second kappa shape index (κ2) is 7.79. The minimum Gasteiger partial charge on any atom is -0.359 e. The van der Waals surface area contributed by atoms with Crippen LogP contribution < -0.4 is 10.6 Å². The minimum atomic E-state index is 0.201. The molecule has 0 heterocycles. The molecule has 0 aliphatic heterocycles. The zero-order valence-corrected chi connectivity index (χ0v) is 13.4. The average Bonchev–Trinajstić information content (AvgIpc) is 2.54. The zero-order valence-electron chi connectivity index (χ0n) is 12.6. The van der Waals surface area contributed by atoms with Crippen molar-refractivity contribution in [2.75, 3.05) is 0 Å². The van der Waals surface area contributed by atoms with Crippen molar-refractivity contribution in [3.63, 3.8) is 0 Å². The summed E-state index contributed by atoms with van der Waals surface area (Å²) in [6.07, 6.45) is 1.07. The monoisotopic (exact) mass is 298 g/mol. The maximum absolute atomic E-state index is 5.36. The van der Waals surface area contributed by atoms with Gasteiger partial charge >= 0.3 is 0 Å². The average molecular weight is 298 g/mol. The molecular weight excluding hydrogens is 276 g/mol. The van der Waals surface area contributed by atoms with Crippen molar-refractivity contribution in [1.29, 1.82) is 0 Å². The van der Waals surface area contributed by atoms with Crippen LogP contribution in [0.2, 0.25) is 0 Å². The molecule has 1 atom stereocenters. The molecule has 0 bridgehead atoms. The molecule has 0 aliphatic rings. The van der Waals surface area contributed by atoms with Gasteiger partial charge in [-0.2, -0.15) is 0 Å². The first-order valence-electron chi connectivity index (χ1n) is 7.36. The van der Waals surface area contributed by atoms with E-state index in [1.165, 1.54) is 16.7 Å². The predicted molar refractivity (Wildman–Crippen MR) is 93.3 cm³/mol.